The molecule has 1 saturated carbocycles. The van der Waals surface area contributed by atoms with Gasteiger partial charge in [-0.1, -0.05) is 36.8 Å². The molecule has 0 radical (unpaired) electrons. The van der Waals surface area contributed by atoms with Gasteiger partial charge in [0.25, 0.3) is 11.8 Å². The molecule has 0 spiro atoms. The van der Waals surface area contributed by atoms with Crippen LogP contribution in [0.4, 0.5) is 8.78 Å². The highest BCUT2D eigenvalue weighted by Crippen LogP contribution is 2.43. The van der Waals surface area contributed by atoms with Gasteiger partial charge in [0, 0.05) is 31.0 Å². The summed E-state index contributed by atoms with van der Waals surface area (Å²) >= 11 is 0. The van der Waals surface area contributed by atoms with E-state index in [1.807, 2.05) is 18.2 Å². The first kappa shape index (κ1) is 23.4. The van der Waals surface area contributed by atoms with E-state index in [9.17, 15) is 23.2 Å². The fraction of sp³-hybridized carbons (Fsp3) is 0.375. The smallest absolute Gasteiger partial charge is 0.306 e. The summed E-state index contributed by atoms with van der Waals surface area (Å²) in [5, 5.41) is 5.31. The molecule has 0 unspecified atom stereocenters. The van der Waals surface area contributed by atoms with E-state index in [1.54, 1.807) is 0 Å². The molecule has 1 aliphatic carbocycles. The highest BCUT2D eigenvalue weighted by atomic mass is 19.1. The molecule has 0 heterocycles. The van der Waals surface area contributed by atoms with E-state index in [-0.39, 0.29) is 42.9 Å². The summed E-state index contributed by atoms with van der Waals surface area (Å²) in [5.41, 5.74) is 0.875. The monoisotopic (exact) mass is 444 g/mol. The average molecular weight is 444 g/mol. The molecule has 0 saturated heterocycles. The number of hydrogen-bond acceptors (Lipinski definition) is 4. The maximum atomic E-state index is 13.6. The van der Waals surface area contributed by atoms with Crippen LogP contribution in [0.15, 0.2) is 48.5 Å². The zero-order valence-electron chi connectivity index (χ0n) is 17.7. The maximum absolute atomic E-state index is 13.6. The van der Waals surface area contributed by atoms with Crippen molar-refractivity contribution >= 4 is 17.8 Å². The topological polar surface area (TPSA) is 84.5 Å². The van der Waals surface area contributed by atoms with Crippen molar-refractivity contribution in [3.8, 4) is 0 Å². The summed E-state index contributed by atoms with van der Waals surface area (Å²) < 4.78 is 31.4. The number of hydrogen-bond donors (Lipinski definition) is 2. The molecule has 1 fully saturated rings. The third-order valence-corrected chi connectivity index (χ3v) is 5.70. The van der Waals surface area contributed by atoms with Crippen LogP contribution >= 0.6 is 0 Å². The Morgan fingerprint density at radius 1 is 1.00 bits per heavy atom. The van der Waals surface area contributed by atoms with Crippen molar-refractivity contribution < 1.29 is 27.9 Å². The molecule has 32 heavy (non-hydrogen) atoms. The Morgan fingerprint density at radius 2 is 1.75 bits per heavy atom. The summed E-state index contributed by atoms with van der Waals surface area (Å²) in [7, 11) is 0. The van der Waals surface area contributed by atoms with E-state index in [1.165, 1.54) is 5.56 Å². The molecule has 0 bridgehead atoms. The molecule has 0 aliphatic heterocycles. The van der Waals surface area contributed by atoms with Crippen molar-refractivity contribution in [1.82, 2.24) is 10.6 Å². The van der Waals surface area contributed by atoms with E-state index in [0.717, 1.165) is 31.4 Å². The second kappa shape index (κ2) is 10.8. The van der Waals surface area contributed by atoms with Gasteiger partial charge in [-0.3, -0.25) is 14.4 Å². The molecule has 0 aromatic heterocycles. The fourth-order valence-electron chi connectivity index (χ4n) is 3.70. The first-order chi connectivity index (χ1) is 15.4. The van der Waals surface area contributed by atoms with Gasteiger partial charge in [-0.2, -0.15) is 0 Å². The largest absolute Gasteiger partial charge is 0.456 e. The first-order valence-electron chi connectivity index (χ1n) is 10.6. The lowest BCUT2D eigenvalue weighted by Gasteiger charge is -2.42. The van der Waals surface area contributed by atoms with Crippen molar-refractivity contribution in [1.29, 1.82) is 0 Å². The first-order valence-corrected chi connectivity index (χ1v) is 10.6. The Morgan fingerprint density at radius 3 is 2.41 bits per heavy atom. The van der Waals surface area contributed by atoms with Gasteiger partial charge in [0.15, 0.2) is 6.61 Å². The van der Waals surface area contributed by atoms with Crippen LogP contribution in [0.1, 0.15) is 48.0 Å². The summed E-state index contributed by atoms with van der Waals surface area (Å²) in [6.07, 6.45) is 3.37. The highest BCUT2D eigenvalue weighted by molar-refractivity contribution is 5.94. The van der Waals surface area contributed by atoms with Crippen LogP contribution in [0.3, 0.4) is 0 Å². The molecule has 170 valence electrons. The van der Waals surface area contributed by atoms with Gasteiger partial charge < -0.3 is 15.4 Å². The van der Waals surface area contributed by atoms with Crippen LogP contribution in [0.25, 0.3) is 0 Å². The summed E-state index contributed by atoms with van der Waals surface area (Å²) in [6, 6.07) is 12.7. The number of carbonyl (C=O) groups excluding carboxylic acids is 3. The molecule has 2 aromatic rings. The Hall–Kier alpha value is -3.29. The molecule has 2 amide bonds. The molecule has 8 heteroatoms. The summed E-state index contributed by atoms with van der Waals surface area (Å²) in [4.78, 5) is 35.8. The predicted octanol–water partition coefficient (Wildman–Crippen LogP) is 3.26. The number of amides is 2. The van der Waals surface area contributed by atoms with Crippen molar-refractivity contribution in [2.24, 2.45) is 0 Å². The van der Waals surface area contributed by atoms with Crippen molar-refractivity contribution in [2.45, 2.75) is 37.5 Å². The van der Waals surface area contributed by atoms with Crippen molar-refractivity contribution in [2.75, 3.05) is 19.7 Å². The number of carbonyl (C=O) groups is 3. The van der Waals surface area contributed by atoms with Crippen LogP contribution in [0.5, 0.6) is 0 Å². The fourth-order valence-corrected chi connectivity index (χ4v) is 3.70. The lowest BCUT2D eigenvalue weighted by atomic mass is 9.64. The van der Waals surface area contributed by atoms with Gasteiger partial charge in [0.1, 0.15) is 11.6 Å². The van der Waals surface area contributed by atoms with Gasteiger partial charge >= 0.3 is 5.97 Å². The molecular weight excluding hydrogens is 418 g/mol. The molecule has 2 aromatic carbocycles. The average Bonchev–Trinajstić information content (AvgIpc) is 2.75. The van der Waals surface area contributed by atoms with Crippen LogP contribution < -0.4 is 10.6 Å². The second-order valence-corrected chi connectivity index (χ2v) is 7.92. The minimum atomic E-state index is -0.955. The minimum Gasteiger partial charge on any atom is -0.456 e. The minimum absolute atomic E-state index is 0.00653. The van der Waals surface area contributed by atoms with Crippen LogP contribution in [-0.4, -0.2) is 37.5 Å². The SMILES string of the molecule is O=C(COC(=O)CCCNC(=O)c1ccc(F)cc1F)NCC1(c2ccccc2)CCC1. The van der Waals surface area contributed by atoms with Crippen molar-refractivity contribution in [3.05, 3.63) is 71.3 Å². The van der Waals surface area contributed by atoms with E-state index in [0.29, 0.717) is 12.6 Å². The lowest BCUT2D eigenvalue weighted by Crippen LogP contribution is -2.46. The summed E-state index contributed by atoms with van der Waals surface area (Å²) in [5.74, 6) is -3.35. The van der Waals surface area contributed by atoms with Crippen LogP contribution in [-0.2, 0) is 19.7 Å². The normalized spacial score (nSPS) is 14.2. The number of benzene rings is 2. The Bertz CT molecular complexity index is 962. The van der Waals surface area contributed by atoms with E-state index >= 15 is 0 Å². The summed E-state index contributed by atoms with van der Waals surface area (Å²) in [6.45, 7) is 0.243. The Kier molecular flexibility index (Phi) is 7.92. The van der Waals surface area contributed by atoms with Crippen LogP contribution in [0, 0.1) is 11.6 Å². The Labute approximate surface area is 185 Å². The van der Waals surface area contributed by atoms with E-state index in [4.69, 9.17) is 4.74 Å². The molecule has 1 aliphatic rings. The van der Waals surface area contributed by atoms with E-state index < -0.39 is 23.5 Å². The highest BCUT2D eigenvalue weighted by Gasteiger charge is 2.38. The van der Waals surface area contributed by atoms with Gasteiger partial charge in [0.05, 0.1) is 5.56 Å². The van der Waals surface area contributed by atoms with Gasteiger partial charge in [-0.15, -0.1) is 0 Å². The third kappa shape index (κ3) is 6.12. The number of halogens is 2. The van der Waals surface area contributed by atoms with Crippen molar-refractivity contribution in [3.63, 3.8) is 0 Å². The zero-order valence-corrected chi connectivity index (χ0v) is 17.7. The van der Waals surface area contributed by atoms with Gasteiger partial charge in [-0.25, -0.2) is 8.78 Å². The number of esters is 1. The number of nitrogens with one attached hydrogen (secondary N) is 2. The standard InChI is InChI=1S/C24H26F2N2O4/c25-18-9-10-19(20(26)14-18)23(31)27-13-4-8-22(30)32-15-21(29)28-16-24(11-5-12-24)17-6-2-1-3-7-17/h1-3,6-7,9-10,14H,4-5,8,11-13,15-16H2,(H,27,31)(H,28,29). The lowest BCUT2D eigenvalue weighted by molar-refractivity contribution is -0.148. The third-order valence-electron chi connectivity index (χ3n) is 5.70. The second-order valence-electron chi connectivity index (χ2n) is 7.92. The molecule has 3 rings (SSSR count). The van der Waals surface area contributed by atoms with Gasteiger partial charge in [0.2, 0.25) is 0 Å². The van der Waals surface area contributed by atoms with Gasteiger partial charge in [-0.05, 0) is 37.0 Å². The predicted molar refractivity (Wildman–Crippen MR) is 114 cm³/mol. The number of rotatable bonds is 10. The van der Waals surface area contributed by atoms with Crippen LogP contribution in [0.2, 0.25) is 0 Å². The zero-order chi connectivity index (χ0) is 23.0. The Balaban J connectivity index is 1.32. The van der Waals surface area contributed by atoms with E-state index in [2.05, 4.69) is 22.8 Å². The maximum Gasteiger partial charge on any atom is 0.306 e. The molecular formula is C24H26F2N2O4. The molecule has 0 atom stereocenters. The number of ether oxygens (including phenoxy) is 1. The quantitative estimate of drug-likeness (QED) is 0.435. The molecule has 2 N–H and O–H groups in total. The molecule has 6 nitrogen and oxygen atoms in total.